The number of rotatable bonds is 18. The third kappa shape index (κ3) is 10.6. The lowest BCUT2D eigenvalue weighted by Gasteiger charge is -2.44. The fourth-order valence-electron chi connectivity index (χ4n) is 9.33. The molecule has 278 valence electrons. The van der Waals surface area contributed by atoms with Gasteiger partial charge in [0.15, 0.2) is 0 Å². The molecule has 0 spiro atoms. The van der Waals surface area contributed by atoms with Gasteiger partial charge in [0, 0.05) is 28.9 Å². The van der Waals surface area contributed by atoms with Gasteiger partial charge in [0.1, 0.15) is 23.0 Å². The minimum Gasteiger partial charge on any atom is -0.457 e. The van der Waals surface area contributed by atoms with Crippen molar-refractivity contribution in [1.82, 2.24) is 0 Å². The molecule has 0 radical (unpaired) electrons. The summed E-state index contributed by atoms with van der Waals surface area (Å²) in [4.78, 5) is 0. The number of ether oxygens (including phenoxy) is 2. The highest BCUT2D eigenvalue weighted by atomic mass is 16.5. The maximum atomic E-state index is 6.18. The van der Waals surface area contributed by atoms with Crippen molar-refractivity contribution in [1.29, 1.82) is 0 Å². The number of hydrogen-bond acceptors (Lipinski definition) is 4. The summed E-state index contributed by atoms with van der Waals surface area (Å²) in [7, 11) is 0. The van der Waals surface area contributed by atoms with Gasteiger partial charge < -0.3 is 20.9 Å². The van der Waals surface area contributed by atoms with Crippen molar-refractivity contribution in [3.63, 3.8) is 0 Å². The smallest absolute Gasteiger partial charge is 0.129 e. The van der Waals surface area contributed by atoms with E-state index in [4.69, 9.17) is 20.9 Å². The van der Waals surface area contributed by atoms with Crippen LogP contribution in [0.5, 0.6) is 23.0 Å². The number of nitrogens with two attached hydrogens (primary N) is 2. The van der Waals surface area contributed by atoms with Crippen molar-refractivity contribution in [3.05, 3.63) is 108 Å². The minimum absolute atomic E-state index is 0.0331. The third-order valence-electron chi connectivity index (χ3n) is 12.4. The van der Waals surface area contributed by atoms with Gasteiger partial charge in [-0.25, -0.2) is 0 Å². The largest absolute Gasteiger partial charge is 0.457 e. The Morgan fingerprint density at radius 3 is 1.40 bits per heavy atom. The van der Waals surface area contributed by atoms with Crippen LogP contribution in [0.3, 0.4) is 0 Å². The standard InChI is InChI=1S/C48H64N2O2/c1-2-3-4-5-6-7-8-9-10-11-14-37-19-21-38(22-20-37)39-31-33-48(34-32-39,40-23-27-44(28-24-40)51-46-17-12-15-42(49)35-46)41-25-29-45(30-26-41)52-47-18-13-16-43(50)36-47/h12-13,15-18,23-30,35-39H,2-11,14,19-22,31-34,49-50H2,1H3/t37-,38-. The van der Waals surface area contributed by atoms with E-state index in [2.05, 4.69) is 55.5 Å². The Morgan fingerprint density at radius 2 is 0.942 bits per heavy atom. The van der Waals surface area contributed by atoms with E-state index in [-0.39, 0.29) is 5.41 Å². The summed E-state index contributed by atoms with van der Waals surface area (Å²) in [5.41, 5.74) is 16.1. The number of anilines is 2. The van der Waals surface area contributed by atoms with E-state index in [1.807, 2.05) is 48.5 Å². The molecule has 52 heavy (non-hydrogen) atoms. The Kier molecular flexibility index (Phi) is 14.0. The first kappa shape index (κ1) is 37.8. The monoisotopic (exact) mass is 700 g/mol. The van der Waals surface area contributed by atoms with Crippen molar-refractivity contribution in [2.45, 2.75) is 134 Å². The zero-order chi connectivity index (χ0) is 36.0. The van der Waals surface area contributed by atoms with Crippen molar-refractivity contribution in [2.75, 3.05) is 11.5 Å². The zero-order valence-corrected chi connectivity index (χ0v) is 31.9. The van der Waals surface area contributed by atoms with Crippen molar-refractivity contribution in [2.24, 2.45) is 17.8 Å². The van der Waals surface area contributed by atoms with Gasteiger partial charge >= 0.3 is 0 Å². The Balaban J connectivity index is 1.05. The van der Waals surface area contributed by atoms with E-state index >= 15 is 0 Å². The average Bonchev–Trinajstić information content (AvgIpc) is 3.17. The van der Waals surface area contributed by atoms with Gasteiger partial charge in [-0.1, -0.05) is 127 Å². The van der Waals surface area contributed by atoms with Crippen LogP contribution in [0.4, 0.5) is 11.4 Å². The number of hydrogen-bond donors (Lipinski definition) is 2. The van der Waals surface area contributed by atoms with Gasteiger partial charge in [-0.3, -0.25) is 0 Å². The second kappa shape index (κ2) is 19.2. The lowest BCUT2D eigenvalue weighted by molar-refractivity contribution is 0.140. The normalized spacial score (nSPS) is 18.9. The second-order valence-electron chi connectivity index (χ2n) is 16.1. The summed E-state index contributed by atoms with van der Waals surface area (Å²) in [6.07, 6.45) is 26.5. The van der Waals surface area contributed by atoms with Crippen LogP contribution < -0.4 is 20.9 Å². The molecule has 2 aliphatic carbocycles. The summed E-state index contributed by atoms with van der Waals surface area (Å²) in [5, 5.41) is 0. The molecule has 0 heterocycles. The van der Waals surface area contributed by atoms with Crippen molar-refractivity contribution < 1.29 is 9.47 Å². The highest BCUT2D eigenvalue weighted by Crippen LogP contribution is 2.51. The molecule has 6 rings (SSSR count). The van der Waals surface area contributed by atoms with Crippen LogP contribution in [0, 0.1) is 17.8 Å². The number of unbranched alkanes of at least 4 members (excludes halogenated alkanes) is 9. The van der Waals surface area contributed by atoms with Gasteiger partial charge in [0.05, 0.1) is 0 Å². The van der Waals surface area contributed by atoms with Gasteiger partial charge in [-0.2, -0.15) is 0 Å². The van der Waals surface area contributed by atoms with E-state index in [0.717, 1.165) is 40.8 Å². The minimum atomic E-state index is -0.0331. The van der Waals surface area contributed by atoms with Crippen LogP contribution in [-0.2, 0) is 5.41 Å². The Morgan fingerprint density at radius 1 is 0.500 bits per heavy atom. The maximum absolute atomic E-state index is 6.18. The van der Waals surface area contributed by atoms with E-state index < -0.39 is 0 Å². The summed E-state index contributed by atoms with van der Waals surface area (Å²) in [5.74, 6) is 5.88. The zero-order valence-electron chi connectivity index (χ0n) is 31.9. The highest BCUT2D eigenvalue weighted by molar-refractivity contribution is 5.48. The molecule has 4 heteroatoms. The molecule has 4 aromatic rings. The fourth-order valence-corrected chi connectivity index (χ4v) is 9.33. The Hall–Kier alpha value is -3.92. The maximum Gasteiger partial charge on any atom is 0.129 e. The van der Waals surface area contributed by atoms with E-state index in [1.165, 1.54) is 133 Å². The molecule has 2 fully saturated rings. The molecule has 0 aromatic heterocycles. The van der Waals surface area contributed by atoms with E-state index in [9.17, 15) is 0 Å². The molecule has 4 N–H and O–H groups in total. The molecule has 2 saturated carbocycles. The molecule has 0 aliphatic heterocycles. The van der Waals surface area contributed by atoms with Crippen LogP contribution in [0.2, 0.25) is 0 Å². The molecule has 0 amide bonds. The summed E-state index contributed by atoms with van der Waals surface area (Å²) in [6.45, 7) is 2.30. The fraction of sp³-hybridized carbons (Fsp3) is 0.500. The lowest BCUT2D eigenvalue weighted by atomic mass is 9.60. The number of nitrogen functional groups attached to an aromatic ring is 2. The first-order chi connectivity index (χ1) is 25.5. The molecule has 0 unspecified atom stereocenters. The molecule has 4 aromatic carbocycles. The quantitative estimate of drug-likeness (QED) is 0.0800. The molecular weight excluding hydrogens is 637 g/mol. The SMILES string of the molecule is CCCCCCCCCCCC[C@H]1CC[C@H](C2CCC(c3ccc(Oc4cccc(N)c4)cc3)(c3ccc(Oc4cccc(N)c4)cc3)CC2)CC1. The summed E-state index contributed by atoms with van der Waals surface area (Å²) >= 11 is 0. The predicted molar refractivity (Wildman–Crippen MR) is 219 cm³/mol. The topological polar surface area (TPSA) is 70.5 Å². The van der Waals surface area contributed by atoms with Crippen LogP contribution in [0.15, 0.2) is 97.1 Å². The predicted octanol–water partition coefficient (Wildman–Crippen LogP) is 14.0. The van der Waals surface area contributed by atoms with Crippen LogP contribution >= 0.6 is 0 Å². The average molecular weight is 701 g/mol. The second-order valence-corrected chi connectivity index (χ2v) is 16.1. The Labute approximate surface area is 314 Å². The molecule has 0 saturated heterocycles. The van der Waals surface area contributed by atoms with Crippen LogP contribution in [-0.4, -0.2) is 0 Å². The van der Waals surface area contributed by atoms with E-state index in [0.29, 0.717) is 11.4 Å². The van der Waals surface area contributed by atoms with Gasteiger partial charge in [-0.15, -0.1) is 0 Å². The summed E-state index contributed by atoms with van der Waals surface area (Å²) < 4.78 is 12.4. The van der Waals surface area contributed by atoms with Gasteiger partial charge in [0.25, 0.3) is 0 Å². The molecule has 0 bridgehead atoms. The third-order valence-corrected chi connectivity index (χ3v) is 12.4. The highest BCUT2D eigenvalue weighted by Gasteiger charge is 2.41. The molecular formula is C48H64N2O2. The Bertz CT molecular complexity index is 1520. The summed E-state index contributed by atoms with van der Waals surface area (Å²) in [6, 6.07) is 32.9. The molecule has 4 nitrogen and oxygen atoms in total. The van der Waals surface area contributed by atoms with Gasteiger partial charge in [0.2, 0.25) is 0 Å². The lowest BCUT2D eigenvalue weighted by Crippen LogP contribution is -2.35. The first-order valence-electron chi connectivity index (χ1n) is 20.8. The van der Waals surface area contributed by atoms with Crippen LogP contribution in [0.25, 0.3) is 0 Å². The van der Waals surface area contributed by atoms with E-state index in [1.54, 1.807) is 0 Å². The van der Waals surface area contributed by atoms with Crippen molar-refractivity contribution >= 4 is 11.4 Å². The van der Waals surface area contributed by atoms with Crippen molar-refractivity contribution in [3.8, 4) is 23.0 Å². The molecule has 2 aliphatic rings. The molecule has 0 atom stereocenters. The first-order valence-corrected chi connectivity index (χ1v) is 20.8. The van der Waals surface area contributed by atoms with Gasteiger partial charge in [-0.05, 0) is 116 Å². The van der Waals surface area contributed by atoms with Crippen LogP contribution in [0.1, 0.15) is 140 Å². The number of benzene rings is 4.